The van der Waals surface area contributed by atoms with Gasteiger partial charge in [0.25, 0.3) is 0 Å². The van der Waals surface area contributed by atoms with E-state index in [2.05, 4.69) is 17.6 Å². The molecule has 1 amide bonds. The van der Waals surface area contributed by atoms with Crippen LogP contribution in [-0.4, -0.2) is 25.0 Å². The Bertz CT molecular complexity index is 215. The van der Waals surface area contributed by atoms with E-state index in [1.807, 2.05) is 0 Å². The predicted molar refractivity (Wildman–Crippen MR) is 76.6 cm³/mol. The number of carbonyl (C=O) groups excluding carboxylic acids is 1. The molecule has 0 unspecified atom stereocenters. The summed E-state index contributed by atoms with van der Waals surface area (Å²) in [5, 5.41) is 6.20. The number of unbranched alkanes of at least 4 members (excludes halogenated alkanes) is 7. The molecule has 1 saturated carbocycles. The highest BCUT2D eigenvalue weighted by molar-refractivity contribution is 5.78. The standard InChI is InChI=1S/C15H30N2O/c1-2-3-4-5-6-7-8-9-12-16-13-15(18)17-14-10-11-14/h14,16H,2-13H2,1H3,(H,17,18). The first kappa shape index (κ1) is 15.5. The van der Waals surface area contributed by atoms with Gasteiger partial charge in [-0.3, -0.25) is 4.79 Å². The summed E-state index contributed by atoms with van der Waals surface area (Å²) >= 11 is 0. The topological polar surface area (TPSA) is 41.1 Å². The van der Waals surface area contributed by atoms with Gasteiger partial charge in [0.15, 0.2) is 0 Å². The van der Waals surface area contributed by atoms with Crippen molar-refractivity contribution in [1.82, 2.24) is 10.6 Å². The molecule has 0 atom stereocenters. The van der Waals surface area contributed by atoms with Crippen molar-refractivity contribution >= 4 is 5.91 Å². The Hall–Kier alpha value is -0.570. The second-order valence-corrected chi connectivity index (χ2v) is 5.49. The van der Waals surface area contributed by atoms with Crippen molar-refractivity contribution in [1.29, 1.82) is 0 Å². The minimum atomic E-state index is 0.164. The molecule has 1 aliphatic rings. The molecule has 0 saturated heterocycles. The number of amides is 1. The minimum Gasteiger partial charge on any atom is -0.352 e. The Morgan fingerprint density at radius 1 is 1.00 bits per heavy atom. The van der Waals surface area contributed by atoms with E-state index in [4.69, 9.17) is 0 Å². The summed E-state index contributed by atoms with van der Waals surface area (Å²) in [6.45, 7) is 3.73. The molecular formula is C15H30N2O. The third kappa shape index (κ3) is 9.46. The van der Waals surface area contributed by atoms with Gasteiger partial charge in [-0.2, -0.15) is 0 Å². The van der Waals surface area contributed by atoms with Gasteiger partial charge in [0.2, 0.25) is 5.91 Å². The third-order valence-corrected chi connectivity index (χ3v) is 3.44. The summed E-state index contributed by atoms with van der Waals surface area (Å²) in [4.78, 5) is 11.4. The quantitative estimate of drug-likeness (QED) is 0.526. The molecule has 0 spiro atoms. The highest BCUT2D eigenvalue weighted by Gasteiger charge is 2.22. The number of rotatable bonds is 12. The predicted octanol–water partition coefficient (Wildman–Crippen LogP) is 3.00. The van der Waals surface area contributed by atoms with E-state index in [-0.39, 0.29) is 5.91 Å². The molecule has 3 nitrogen and oxygen atoms in total. The molecule has 106 valence electrons. The Labute approximate surface area is 112 Å². The van der Waals surface area contributed by atoms with Gasteiger partial charge in [0.1, 0.15) is 0 Å². The SMILES string of the molecule is CCCCCCCCCCNCC(=O)NC1CC1. The van der Waals surface area contributed by atoms with Crippen molar-refractivity contribution < 1.29 is 4.79 Å². The largest absolute Gasteiger partial charge is 0.352 e. The van der Waals surface area contributed by atoms with Crippen molar-refractivity contribution in [3.05, 3.63) is 0 Å². The van der Waals surface area contributed by atoms with Crippen LogP contribution in [0.1, 0.15) is 71.1 Å². The molecule has 0 aromatic heterocycles. The van der Waals surface area contributed by atoms with Gasteiger partial charge in [-0.25, -0.2) is 0 Å². The molecule has 2 N–H and O–H groups in total. The lowest BCUT2D eigenvalue weighted by Crippen LogP contribution is -2.35. The first-order chi connectivity index (χ1) is 8.83. The van der Waals surface area contributed by atoms with Crippen molar-refractivity contribution in [3.63, 3.8) is 0 Å². The van der Waals surface area contributed by atoms with Crippen LogP contribution in [0.25, 0.3) is 0 Å². The average molecular weight is 254 g/mol. The van der Waals surface area contributed by atoms with Gasteiger partial charge >= 0.3 is 0 Å². The summed E-state index contributed by atoms with van der Waals surface area (Å²) in [5.41, 5.74) is 0. The van der Waals surface area contributed by atoms with Crippen LogP contribution in [0.4, 0.5) is 0 Å². The molecule has 0 bridgehead atoms. The first-order valence-electron chi connectivity index (χ1n) is 7.83. The van der Waals surface area contributed by atoms with Gasteiger partial charge < -0.3 is 10.6 Å². The summed E-state index contributed by atoms with van der Waals surface area (Å²) in [6, 6.07) is 0.488. The van der Waals surface area contributed by atoms with Gasteiger partial charge in [-0.15, -0.1) is 0 Å². The first-order valence-corrected chi connectivity index (χ1v) is 7.83. The van der Waals surface area contributed by atoms with Crippen molar-refractivity contribution in [2.75, 3.05) is 13.1 Å². The van der Waals surface area contributed by atoms with Crippen molar-refractivity contribution in [3.8, 4) is 0 Å². The highest BCUT2D eigenvalue weighted by Crippen LogP contribution is 2.18. The van der Waals surface area contributed by atoms with Gasteiger partial charge in [-0.1, -0.05) is 51.9 Å². The lowest BCUT2D eigenvalue weighted by atomic mass is 10.1. The second-order valence-electron chi connectivity index (χ2n) is 5.49. The Kier molecular flexibility index (Phi) is 8.92. The second kappa shape index (κ2) is 10.4. The van der Waals surface area contributed by atoms with E-state index in [0.29, 0.717) is 12.6 Å². The fraction of sp³-hybridized carbons (Fsp3) is 0.933. The van der Waals surface area contributed by atoms with E-state index < -0.39 is 0 Å². The lowest BCUT2D eigenvalue weighted by molar-refractivity contribution is -0.120. The molecule has 18 heavy (non-hydrogen) atoms. The van der Waals surface area contributed by atoms with Crippen LogP contribution in [0.5, 0.6) is 0 Å². The molecule has 1 aliphatic carbocycles. The fourth-order valence-corrected chi connectivity index (χ4v) is 2.09. The Balaban J connectivity index is 1.71. The van der Waals surface area contributed by atoms with Crippen LogP contribution in [0, 0.1) is 0 Å². The van der Waals surface area contributed by atoms with E-state index in [1.54, 1.807) is 0 Å². The minimum absolute atomic E-state index is 0.164. The van der Waals surface area contributed by atoms with Crippen LogP contribution < -0.4 is 10.6 Å². The molecule has 3 heteroatoms. The number of carbonyl (C=O) groups is 1. The molecule has 0 aliphatic heterocycles. The lowest BCUT2D eigenvalue weighted by Gasteiger charge is -2.05. The van der Waals surface area contributed by atoms with Crippen LogP contribution in [0.2, 0.25) is 0 Å². The van der Waals surface area contributed by atoms with E-state index >= 15 is 0 Å². The van der Waals surface area contributed by atoms with Crippen LogP contribution in [0.15, 0.2) is 0 Å². The molecule has 0 aromatic carbocycles. The molecule has 0 radical (unpaired) electrons. The molecule has 1 fully saturated rings. The van der Waals surface area contributed by atoms with Gasteiger partial charge in [0.05, 0.1) is 6.54 Å². The van der Waals surface area contributed by atoms with E-state index in [9.17, 15) is 4.79 Å². The van der Waals surface area contributed by atoms with Crippen molar-refractivity contribution in [2.24, 2.45) is 0 Å². The molecule has 1 rings (SSSR count). The third-order valence-electron chi connectivity index (χ3n) is 3.44. The maximum Gasteiger partial charge on any atom is 0.234 e. The van der Waals surface area contributed by atoms with Gasteiger partial charge in [-0.05, 0) is 25.8 Å². The number of hydrogen-bond donors (Lipinski definition) is 2. The maximum atomic E-state index is 11.4. The van der Waals surface area contributed by atoms with Crippen molar-refractivity contribution in [2.45, 2.75) is 77.2 Å². The monoisotopic (exact) mass is 254 g/mol. The van der Waals surface area contributed by atoms with E-state index in [0.717, 1.165) is 6.54 Å². The summed E-state index contributed by atoms with van der Waals surface area (Å²) in [7, 11) is 0. The number of hydrogen-bond acceptors (Lipinski definition) is 2. The van der Waals surface area contributed by atoms with Crippen LogP contribution >= 0.6 is 0 Å². The smallest absolute Gasteiger partial charge is 0.234 e. The summed E-state index contributed by atoms with van der Waals surface area (Å²) < 4.78 is 0. The molecule has 0 aromatic rings. The molecular weight excluding hydrogens is 224 g/mol. The number of nitrogens with one attached hydrogen (secondary N) is 2. The molecule has 0 heterocycles. The maximum absolute atomic E-state index is 11.4. The summed E-state index contributed by atoms with van der Waals surface area (Å²) in [5.74, 6) is 0.164. The zero-order chi connectivity index (χ0) is 13.1. The zero-order valence-corrected chi connectivity index (χ0v) is 12.0. The highest BCUT2D eigenvalue weighted by atomic mass is 16.2. The van der Waals surface area contributed by atoms with E-state index in [1.165, 1.54) is 64.2 Å². The average Bonchev–Trinajstić information content (AvgIpc) is 3.15. The van der Waals surface area contributed by atoms with Crippen LogP contribution in [0.3, 0.4) is 0 Å². The Morgan fingerprint density at radius 2 is 1.61 bits per heavy atom. The summed E-state index contributed by atoms with van der Waals surface area (Å²) in [6.07, 6.45) is 13.1. The normalized spacial score (nSPS) is 14.7. The van der Waals surface area contributed by atoms with Crippen LogP contribution in [-0.2, 0) is 4.79 Å². The van der Waals surface area contributed by atoms with Gasteiger partial charge in [0, 0.05) is 6.04 Å². The fourth-order valence-electron chi connectivity index (χ4n) is 2.09. The zero-order valence-electron chi connectivity index (χ0n) is 12.0. The Morgan fingerprint density at radius 3 is 2.22 bits per heavy atom.